The van der Waals surface area contributed by atoms with E-state index in [1.807, 2.05) is 6.92 Å². The average Bonchev–Trinajstić information content (AvgIpc) is 2.18. The molecule has 0 fully saturated rings. The van der Waals surface area contributed by atoms with Gasteiger partial charge in [0.25, 0.3) is 0 Å². The molecule has 3 heteroatoms. The molecule has 0 aliphatic heterocycles. The summed E-state index contributed by atoms with van der Waals surface area (Å²) in [6, 6.07) is 0. The van der Waals surface area contributed by atoms with Gasteiger partial charge in [0.1, 0.15) is 5.76 Å². The number of oxazole rings is 1. The number of hydrogen-bond acceptors (Lipinski definition) is 3. The molecule has 0 atom stereocenters. The fourth-order valence-corrected chi connectivity index (χ4v) is 0.668. The van der Waals surface area contributed by atoms with Crippen LogP contribution in [0.5, 0.6) is 0 Å². The minimum absolute atomic E-state index is 0.121. The Balaban J connectivity index is 2.69. The summed E-state index contributed by atoms with van der Waals surface area (Å²) in [7, 11) is 0. The van der Waals surface area contributed by atoms with Crippen molar-refractivity contribution in [2.45, 2.75) is 13.3 Å². The average molecular weight is 127 g/mol. The Morgan fingerprint density at radius 2 is 2.56 bits per heavy atom. The smallest absolute Gasteiger partial charge is 0.181 e. The Morgan fingerprint density at radius 3 is 3.00 bits per heavy atom. The maximum absolute atomic E-state index is 8.47. The first kappa shape index (κ1) is 6.29. The number of rotatable bonds is 2. The third kappa shape index (κ3) is 1.29. The second-order valence-corrected chi connectivity index (χ2v) is 1.83. The van der Waals surface area contributed by atoms with Gasteiger partial charge in [-0.05, 0) is 6.92 Å². The third-order valence-corrected chi connectivity index (χ3v) is 1.18. The summed E-state index contributed by atoms with van der Waals surface area (Å²) in [4.78, 5) is 3.86. The molecule has 50 valence electrons. The van der Waals surface area contributed by atoms with E-state index in [0.717, 1.165) is 11.5 Å². The first-order valence-corrected chi connectivity index (χ1v) is 2.84. The van der Waals surface area contributed by atoms with E-state index in [4.69, 9.17) is 9.52 Å². The molecule has 3 nitrogen and oxygen atoms in total. The fourth-order valence-electron chi connectivity index (χ4n) is 0.668. The summed E-state index contributed by atoms with van der Waals surface area (Å²) in [6.45, 7) is 1.98. The quantitative estimate of drug-likeness (QED) is 0.629. The highest BCUT2D eigenvalue weighted by Gasteiger charge is 1.99. The Morgan fingerprint density at radius 1 is 1.78 bits per heavy atom. The third-order valence-electron chi connectivity index (χ3n) is 1.18. The Bertz CT molecular complexity index is 183. The van der Waals surface area contributed by atoms with E-state index in [1.54, 1.807) is 0 Å². The normalized spacial score (nSPS) is 10.0. The van der Waals surface area contributed by atoms with Gasteiger partial charge in [-0.2, -0.15) is 0 Å². The van der Waals surface area contributed by atoms with Crippen molar-refractivity contribution in [1.82, 2.24) is 4.98 Å². The molecular formula is C6H9NO2. The first-order chi connectivity index (χ1) is 4.34. The fraction of sp³-hybridized carbons (Fsp3) is 0.500. The van der Waals surface area contributed by atoms with Gasteiger partial charge in [-0.15, -0.1) is 0 Å². The molecule has 0 aromatic carbocycles. The van der Waals surface area contributed by atoms with Crippen molar-refractivity contribution in [2.24, 2.45) is 0 Å². The van der Waals surface area contributed by atoms with Crippen LogP contribution in [0.25, 0.3) is 0 Å². The molecule has 0 unspecified atom stereocenters. The van der Waals surface area contributed by atoms with Crippen LogP contribution in [0.3, 0.4) is 0 Å². The molecule has 0 saturated heterocycles. The number of nitrogens with zero attached hydrogens (tertiary/aromatic N) is 1. The summed E-state index contributed by atoms with van der Waals surface area (Å²) in [5.74, 6) is 0.775. The second-order valence-electron chi connectivity index (χ2n) is 1.83. The molecule has 0 spiro atoms. The van der Waals surface area contributed by atoms with Crippen LogP contribution in [0.15, 0.2) is 10.8 Å². The van der Waals surface area contributed by atoms with E-state index in [0.29, 0.717) is 6.42 Å². The summed E-state index contributed by atoms with van der Waals surface area (Å²) in [5, 5.41) is 8.47. The molecular weight excluding hydrogens is 118 g/mol. The molecule has 1 aromatic heterocycles. The van der Waals surface area contributed by atoms with Crippen molar-refractivity contribution in [3.8, 4) is 0 Å². The monoisotopic (exact) mass is 127 g/mol. The van der Waals surface area contributed by atoms with Gasteiger partial charge in [-0.1, -0.05) is 0 Å². The Labute approximate surface area is 53.3 Å². The first-order valence-electron chi connectivity index (χ1n) is 2.84. The van der Waals surface area contributed by atoms with Gasteiger partial charge in [0.2, 0.25) is 0 Å². The van der Waals surface area contributed by atoms with E-state index in [9.17, 15) is 0 Å². The van der Waals surface area contributed by atoms with Crippen LogP contribution in [0, 0.1) is 6.92 Å². The molecule has 9 heavy (non-hydrogen) atoms. The van der Waals surface area contributed by atoms with Gasteiger partial charge in [-0.25, -0.2) is 4.98 Å². The Hall–Kier alpha value is -0.830. The highest BCUT2D eigenvalue weighted by atomic mass is 16.3. The molecule has 0 aliphatic carbocycles. The predicted octanol–water partition coefficient (Wildman–Crippen LogP) is 0.518. The lowest BCUT2D eigenvalue weighted by Crippen LogP contribution is -1.89. The number of aryl methyl sites for hydroxylation is 1. The standard InChI is InChI=1S/C6H9NO2/c1-5-6(2-3-8)9-4-7-5/h4,8H,2-3H2,1H3. The molecule has 0 aliphatic rings. The van der Waals surface area contributed by atoms with Crippen LogP contribution >= 0.6 is 0 Å². The number of aromatic nitrogens is 1. The summed E-state index contributed by atoms with van der Waals surface area (Å²) in [5.41, 5.74) is 0.865. The van der Waals surface area contributed by atoms with Gasteiger partial charge in [0, 0.05) is 6.42 Å². The maximum atomic E-state index is 8.47. The van der Waals surface area contributed by atoms with E-state index in [1.165, 1.54) is 6.39 Å². The molecule has 0 amide bonds. The lowest BCUT2D eigenvalue weighted by Gasteiger charge is -1.89. The zero-order valence-corrected chi connectivity index (χ0v) is 5.29. The van der Waals surface area contributed by atoms with Crippen molar-refractivity contribution in [1.29, 1.82) is 0 Å². The van der Waals surface area contributed by atoms with Gasteiger partial charge in [-0.3, -0.25) is 0 Å². The molecule has 1 rings (SSSR count). The Kier molecular flexibility index (Phi) is 1.85. The second kappa shape index (κ2) is 2.64. The topological polar surface area (TPSA) is 46.3 Å². The summed E-state index contributed by atoms with van der Waals surface area (Å²) < 4.78 is 4.93. The maximum Gasteiger partial charge on any atom is 0.181 e. The van der Waals surface area contributed by atoms with Gasteiger partial charge < -0.3 is 9.52 Å². The lowest BCUT2D eigenvalue weighted by molar-refractivity contribution is 0.287. The van der Waals surface area contributed by atoms with Crippen molar-refractivity contribution in [3.05, 3.63) is 17.8 Å². The molecule has 0 saturated carbocycles. The van der Waals surface area contributed by atoms with Gasteiger partial charge in [0.05, 0.1) is 12.3 Å². The number of hydrogen-bond donors (Lipinski definition) is 1. The van der Waals surface area contributed by atoms with Crippen LogP contribution in [0.1, 0.15) is 11.5 Å². The van der Waals surface area contributed by atoms with Crippen LogP contribution in [0.4, 0.5) is 0 Å². The van der Waals surface area contributed by atoms with Gasteiger partial charge >= 0.3 is 0 Å². The minimum Gasteiger partial charge on any atom is -0.448 e. The zero-order valence-electron chi connectivity index (χ0n) is 5.29. The SMILES string of the molecule is Cc1ncoc1CCO. The van der Waals surface area contributed by atoms with Gasteiger partial charge in [0.15, 0.2) is 6.39 Å². The summed E-state index contributed by atoms with van der Waals surface area (Å²) in [6.07, 6.45) is 1.95. The molecule has 0 radical (unpaired) electrons. The zero-order chi connectivity index (χ0) is 6.69. The number of aliphatic hydroxyl groups is 1. The minimum atomic E-state index is 0.121. The highest BCUT2D eigenvalue weighted by molar-refractivity contribution is 5.03. The van der Waals surface area contributed by atoms with Crippen molar-refractivity contribution in [3.63, 3.8) is 0 Å². The molecule has 1 heterocycles. The lowest BCUT2D eigenvalue weighted by atomic mass is 10.3. The van der Waals surface area contributed by atoms with Crippen molar-refractivity contribution < 1.29 is 9.52 Å². The van der Waals surface area contributed by atoms with Crippen molar-refractivity contribution >= 4 is 0 Å². The van der Waals surface area contributed by atoms with E-state index >= 15 is 0 Å². The van der Waals surface area contributed by atoms with E-state index in [-0.39, 0.29) is 6.61 Å². The van der Waals surface area contributed by atoms with Crippen molar-refractivity contribution in [2.75, 3.05) is 6.61 Å². The van der Waals surface area contributed by atoms with Crippen LogP contribution in [-0.2, 0) is 6.42 Å². The molecule has 1 N–H and O–H groups in total. The van der Waals surface area contributed by atoms with E-state index < -0.39 is 0 Å². The largest absolute Gasteiger partial charge is 0.448 e. The van der Waals surface area contributed by atoms with Crippen LogP contribution in [0.2, 0.25) is 0 Å². The summed E-state index contributed by atoms with van der Waals surface area (Å²) >= 11 is 0. The molecule has 0 bridgehead atoms. The highest BCUT2D eigenvalue weighted by Crippen LogP contribution is 2.03. The van der Waals surface area contributed by atoms with Crippen LogP contribution in [-0.4, -0.2) is 16.7 Å². The van der Waals surface area contributed by atoms with Crippen LogP contribution < -0.4 is 0 Å². The number of aliphatic hydroxyl groups excluding tert-OH is 1. The predicted molar refractivity (Wildman–Crippen MR) is 32.0 cm³/mol. The molecule has 1 aromatic rings. The van der Waals surface area contributed by atoms with E-state index in [2.05, 4.69) is 4.98 Å².